The molecule has 3 rings (SSSR count). The van der Waals surface area contributed by atoms with Crippen LogP contribution < -0.4 is 4.74 Å². The summed E-state index contributed by atoms with van der Waals surface area (Å²) in [5.41, 5.74) is 2.60. The number of ether oxygens (including phenoxy) is 1. The van der Waals surface area contributed by atoms with E-state index in [1.807, 2.05) is 87.5 Å². The zero-order valence-electron chi connectivity index (χ0n) is 15.7. The fourth-order valence-corrected chi connectivity index (χ4v) is 3.44. The second-order valence-electron chi connectivity index (χ2n) is 6.89. The number of aromatic nitrogens is 1. The standard InChI is InChI=1S/C23H23NO3/c1-16-14-17(2)24-20(15-16)27-21(22(25)26)23(3,18-10-6-4-7-11-18)19-12-8-5-9-13-19/h4-15,21H,1-3H3,(H,25,26). The monoisotopic (exact) mass is 361 g/mol. The lowest BCUT2D eigenvalue weighted by molar-refractivity contribution is -0.147. The van der Waals surface area contributed by atoms with Gasteiger partial charge in [-0.05, 0) is 43.5 Å². The first-order chi connectivity index (χ1) is 12.9. The number of hydrogen-bond donors (Lipinski definition) is 1. The van der Waals surface area contributed by atoms with Gasteiger partial charge in [0.2, 0.25) is 12.0 Å². The summed E-state index contributed by atoms with van der Waals surface area (Å²) < 4.78 is 6.00. The molecule has 4 heteroatoms. The number of rotatable bonds is 6. The van der Waals surface area contributed by atoms with Gasteiger partial charge in [0.05, 0.1) is 5.41 Å². The number of carboxylic acid groups (broad SMARTS) is 1. The highest BCUT2D eigenvalue weighted by molar-refractivity contribution is 5.77. The molecule has 0 saturated carbocycles. The first kappa shape index (κ1) is 18.6. The maximum Gasteiger partial charge on any atom is 0.346 e. The molecule has 2 aromatic carbocycles. The summed E-state index contributed by atoms with van der Waals surface area (Å²) in [6, 6.07) is 22.9. The van der Waals surface area contributed by atoms with Crippen LogP contribution in [-0.2, 0) is 10.2 Å². The Morgan fingerprint density at radius 1 is 0.963 bits per heavy atom. The van der Waals surface area contributed by atoms with E-state index in [-0.39, 0.29) is 0 Å². The van der Waals surface area contributed by atoms with Crippen molar-refractivity contribution in [2.45, 2.75) is 32.3 Å². The zero-order valence-corrected chi connectivity index (χ0v) is 15.7. The van der Waals surface area contributed by atoms with Gasteiger partial charge in [0.15, 0.2) is 0 Å². The molecule has 1 atom stereocenters. The molecule has 0 saturated heterocycles. The number of carboxylic acids is 1. The van der Waals surface area contributed by atoms with Crippen molar-refractivity contribution in [3.8, 4) is 5.88 Å². The Balaban J connectivity index is 2.14. The summed E-state index contributed by atoms with van der Waals surface area (Å²) in [5.74, 6) is -0.718. The molecule has 0 radical (unpaired) electrons. The third kappa shape index (κ3) is 3.85. The van der Waals surface area contributed by atoms with Crippen LogP contribution in [0, 0.1) is 13.8 Å². The minimum absolute atomic E-state index is 0.318. The SMILES string of the molecule is Cc1cc(C)nc(OC(C(=O)O)C(C)(c2ccccc2)c2ccccc2)c1. The van der Waals surface area contributed by atoms with E-state index in [1.54, 1.807) is 6.07 Å². The predicted octanol–water partition coefficient (Wildman–Crippen LogP) is 4.54. The van der Waals surface area contributed by atoms with Crippen molar-refractivity contribution in [2.24, 2.45) is 0 Å². The van der Waals surface area contributed by atoms with E-state index < -0.39 is 17.5 Å². The molecule has 3 aromatic rings. The summed E-state index contributed by atoms with van der Waals surface area (Å²) in [4.78, 5) is 16.7. The quantitative estimate of drug-likeness (QED) is 0.700. The summed E-state index contributed by atoms with van der Waals surface area (Å²) in [6.45, 7) is 5.70. The summed E-state index contributed by atoms with van der Waals surface area (Å²) >= 11 is 0. The van der Waals surface area contributed by atoms with Gasteiger partial charge in [-0.25, -0.2) is 9.78 Å². The molecule has 138 valence electrons. The number of pyridine rings is 1. The number of carbonyl (C=O) groups is 1. The molecule has 0 bridgehead atoms. The third-order valence-electron chi connectivity index (χ3n) is 4.81. The van der Waals surface area contributed by atoms with Crippen molar-refractivity contribution in [3.05, 3.63) is 95.2 Å². The first-order valence-electron chi connectivity index (χ1n) is 8.87. The lowest BCUT2D eigenvalue weighted by Gasteiger charge is -2.36. The van der Waals surface area contributed by atoms with Crippen LogP contribution in [0.15, 0.2) is 72.8 Å². The molecule has 0 spiro atoms. The van der Waals surface area contributed by atoms with E-state index in [2.05, 4.69) is 4.98 Å². The maximum atomic E-state index is 12.3. The lowest BCUT2D eigenvalue weighted by atomic mass is 9.72. The molecule has 0 aliphatic rings. The third-order valence-corrected chi connectivity index (χ3v) is 4.81. The van der Waals surface area contributed by atoms with Gasteiger partial charge in [0.25, 0.3) is 0 Å². The molecule has 1 N–H and O–H groups in total. The van der Waals surface area contributed by atoms with Crippen molar-refractivity contribution >= 4 is 5.97 Å². The Morgan fingerprint density at radius 3 is 1.93 bits per heavy atom. The van der Waals surface area contributed by atoms with Gasteiger partial charge < -0.3 is 9.84 Å². The van der Waals surface area contributed by atoms with E-state index in [0.717, 1.165) is 22.4 Å². The van der Waals surface area contributed by atoms with E-state index >= 15 is 0 Å². The second-order valence-corrected chi connectivity index (χ2v) is 6.89. The Labute approximate surface area is 159 Å². The summed E-state index contributed by atoms with van der Waals surface area (Å²) in [6.07, 6.45) is -1.14. The topological polar surface area (TPSA) is 59.4 Å². The van der Waals surface area contributed by atoms with Crippen molar-refractivity contribution < 1.29 is 14.6 Å². The molecule has 27 heavy (non-hydrogen) atoms. The van der Waals surface area contributed by atoms with Crippen molar-refractivity contribution in [1.82, 2.24) is 4.98 Å². The van der Waals surface area contributed by atoms with Gasteiger partial charge in [-0.2, -0.15) is 0 Å². The number of aryl methyl sites for hydroxylation is 2. The smallest absolute Gasteiger partial charge is 0.346 e. The zero-order chi connectivity index (χ0) is 19.4. The van der Waals surface area contributed by atoms with Gasteiger partial charge in [-0.15, -0.1) is 0 Å². The molecular formula is C23H23NO3. The normalized spacial score (nSPS) is 12.4. The van der Waals surface area contributed by atoms with Gasteiger partial charge >= 0.3 is 5.97 Å². The van der Waals surface area contributed by atoms with Crippen LogP contribution in [0.5, 0.6) is 5.88 Å². The second kappa shape index (κ2) is 7.62. The Bertz CT molecular complexity index is 863. The number of hydrogen-bond acceptors (Lipinski definition) is 3. The Hall–Kier alpha value is -3.14. The fraction of sp³-hybridized carbons (Fsp3) is 0.217. The van der Waals surface area contributed by atoms with E-state index in [9.17, 15) is 9.90 Å². The van der Waals surface area contributed by atoms with Gasteiger partial charge in [0, 0.05) is 11.8 Å². The molecular weight excluding hydrogens is 338 g/mol. The molecule has 1 aromatic heterocycles. The largest absolute Gasteiger partial charge is 0.478 e. The summed E-state index contributed by atoms with van der Waals surface area (Å²) in [7, 11) is 0. The van der Waals surface area contributed by atoms with Gasteiger partial charge in [-0.1, -0.05) is 60.7 Å². The predicted molar refractivity (Wildman–Crippen MR) is 105 cm³/mol. The van der Waals surface area contributed by atoms with Crippen LogP contribution >= 0.6 is 0 Å². The molecule has 0 aliphatic carbocycles. The van der Waals surface area contributed by atoms with Crippen LogP contribution in [-0.4, -0.2) is 22.2 Å². The van der Waals surface area contributed by atoms with Crippen molar-refractivity contribution in [3.63, 3.8) is 0 Å². The number of nitrogens with zero attached hydrogens (tertiary/aromatic N) is 1. The average Bonchev–Trinajstić information content (AvgIpc) is 2.66. The van der Waals surface area contributed by atoms with Gasteiger partial charge in [-0.3, -0.25) is 0 Å². The van der Waals surface area contributed by atoms with Gasteiger partial charge in [0.1, 0.15) is 0 Å². The molecule has 0 aliphatic heterocycles. The highest BCUT2D eigenvalue weighted by atomic mass is 16.5. The molecule has 4 nitrogen and oxygen atoms in total. The molecule has 1 unspecified atom stereocenters. The number of benzene rings is 2. The number of aliphatic carboxylic acids is 1. The van der Waals surface area contributed by atoms with Crippen LogP contribution in [0.1, 0.15) is 29.3 Å². The average molecular weight is 361 g/mol. The van der Waals surface area contributed by atoms with Crippen LogP contribution in [0.3, 0.4) is 0 Å². The molecule has 0 fully saturated rings. The summed E-state index contributed by atoms with van der Waals surface area (Å²) in [5, 5.41) is 10.1. The fourth-order valence-electron chi connectivity index (χ4n) is 3.44. The van der Waals surface area contributed by atoms with Crippen LogP contribution in [0.2, 0.25) is 0 Å². The molecule has 0 amide bonds. The lowest BCUT2D eigenvalue weighted by Crippen LogP contribution is -2.47. The van der Waals surface area contributed by atoms with E-state index in [0.29, 0.717) is 5.88 Å². The highest BCUT2D eigenvalue weighted by Crippen LogP contribution is 2.37. The molecule has 1 heterocycles. The van der Waals surface area contributed by atoms with E-state index in [1.165, 1.54) is 0 Å². The van der Waals surface area contributed by atoms with E-state index in [4.69, 9.17) is 4.74 Å². The van der Waals surface area contributed by atoms with Crippen molar-refractivity contribution in [1.29, 1.82) is 0 Å². The van der Waals surface area contributed by atoms with Crippen LogP contribution in [0.25, 0.3) is 0 Å². The minimum Gasteiger partial charge on any atom is -0.478 e. The Morgan fingerprint density at radius 2 is 1.48 bits per heavy atom. The minimum atomic E-state index is -1.14. The van der Waals surface area contributed by atoms with Crippen molar-refractivity contribution in [2.75, 3.05) is 0 Å². The Kier molecular flexibility index (Phi) is 5.26. The maximum absolute atomic E-state index is 12.3. The first-order valence-corrected chi connectivity index (χ1v) is 8.87. The van der Waals surface area contributed by atoms with Crippen LogP contribution in [0.4, 0.5) is 0 Å². The highest BCUT2D eigenvalue weighted by Gasteiger charge is 2.44.